The second-order valence-electron chi connectivity index (χ2n) is 11.8. The number of benzene rings is 4. The molecule has 0 saturated heterocycles. The molecule has 0 saturated carbocycles. The monoisotopic (exact) mass is 592 g/mol. The quantitative estimate of drug-likeness (QED) is 0.197. The highest BCUT2D eigenvalue weighted by Crippen LogP contribution is 2.31. The molecule has 0 aliphatic heterocycles. The molecule has 0 fully saturated rings. The van der Waals surface area contributed by atoms with Gasteiger partial charge in [0, 0.05) is 34.5 Å². The molecule has 6 heteroatoms. The molecule has 224 valence electrons. The number of rotatable bonds is 7. The third-order valence-electron chi connectivity index (χ3n) is 8.32. The summed E-state index contributed by atoms with van der Waals surface area (Å²) in [6.07, 6.45) is 0. The molecule has 45 heavy (non-hydrogen) atoms. The van der Waals surface area contributed by atoms with Crippen molar-refractivity contribution in [2.75, 3.05) is 6.54 Å². The fraction of sp³-hybridized carbons (Fsp3) is 0.179. The molecule has 0 spiro atoms. The Labute approximate surface area is 263 Å². The van der Waals surface area contributed by atoms with Crippen LogP contribution in [0.1, 0.15) is 49.9 Å². The normalized spacial score (nSPS) is 11.8. The van der Waals surface area contributed by atoms with E-state index in [0.29, 0.717) is 11.1 Å². The first-order valence-corrected chi connectivity index (χ1v) is 15.2. The maximum atomic E-state index is 13.8. The highest BCUT2D eigenvalue weighted by molar-refractivity contribution is 6.10. The van der Waals surface area contributed by atoms with E-state index in [4.69, 9.17) is 9.97 Å². The van der Waals surface area contributed by atoms with Crippen molar-refractivity contribution in [1.82, 2.24) is 20.6 Å². The Kier molecular flexibility index (Phi) is 8.14. The molecular formula is C39H36N4O2. The smallest absolute Gasteiger partial charge is 0.252 e. The van der Waals surface area contributed by atoms with Gasteiger partial charge in [-0.15, -0.1) is 0 Å². The van der Waals surface area contributed by atoms with Crippen molar-refractivity contribution >= 4 is 33.6 Å². The van der Waals surface area contributed by atoms with E-state index in [2.05, 4.69) is 10.6 Å². The molecule has 6 rings (SSSR count). The molecule has 4 aromatic carbocycles. The summed E-state index contributed by atoms with van der Waals surface area (Å²) in [6.45, 7) is 10.1. The summed E-state index contributed by atoms with van der Waals surface area (Å²) < 4.78 is 0. The fourth-order valence-corrected chi connectivity index (χ4v) is 5.87. The summed E-state index contributed by atoms with van der Waals surface area (Å²) in [5, 5.41) is 7.79. The second-order valence-corrected chi connectivity index (χ2v) is 11.8. The van der Waals surface area contributed by atoms with Crippen LogP contribution in [0.4, 0.5) is 0 Å². The lowest BCUT2D eigenvalue weighted by molar-refractivity contribution is 0.0913. The van der Waals surface area contributed by atoms with E-state index in [-0.39, 0.29) is 24.4 Å². The van der Waals surface area contributed by atoms with E-state index >= 15 is 0 Å². The number of hydrogen-bond acceptors (Lipinski definition) is 4. The van der Waals surface area contributed by atoms with E-state index < -0.39 is 0 Å². The van der Waals surface area contributed by atoms with Crippen LogP contribution in [0.3, 0.4) is 0 Å². The number of fused-ring (bicyclic) bond motifs is 2. The maximum absolute atomic E-state index is 13.8. The number of aromatic nitrogens is 2. The third-order valence-corrected chi connectivity index (χ3v) is 8.32. The van der Waals surface area contributed by atoms with Crippen molar-refractivity contribution in [3.63, 3.8) is 0 Å². The van der Waals surface area contributed by atoms with Crippen molar-refractivity contribution in [3.05, 3.63) is 130 Å². The van der Waals surface area contributed by atoms with Gasteiger partial charge >= 0.3 is 0 Å². The van der Waals surface area contributed by atoms with Gasteiger partial charge in [-0.25, -0.2) is 9.97 Å². The van der Waals surface area contributed by atoms with Gasteiger partial charge in [0.1, 0.15) is 0 Å². The van der Waals surface area contributed by atoms with Crippen molar-refractivity contribution in [1.29, 1.82) is 0 Å². The average molecular weight is 593 g/mol. The zero-order valence-corrected chi connectivity index (χ0v) is 26.2. The summed E-state index contributed by atoms with van der Waals surface area (Å²) >= 11 is 0. The van der Waals surface area contributed by atoms with E-state index in [1.165, 1.54) is 0 Å². The van der Waals surface area contributed by atoms with E-state index in [0.717, 1.165) is 66.6 Å². The largest absolute Gasteiger partial charge is 0.350 e. The topological polar surface area (TPSA) is 84.0 Å². The van der Waals surface area contributed by atoms with Crippen LogP contribution >= 0.6 is 0 Å². The van der Waals surface area contributed by atoms with Crippen LogP contribution in [0, 0.1) is 27.7 Å². The molecule has 2 amide bonds. The molecule has 0 aliphatic carbocycles. The second kappa shape index (κ2) is 12.3. The summed E-state index contributed by atoms with van der Waals surface area (Å²) in [5.74, 6) is -0.402. The van der Waals surface area contributed by atoms with Gasteiger partial charge in [-0.2, -0.15) is 0 Å². The van der Waals surface area contributed by atoms with E-state index in [1.807, 2.05) is 132 Å². The van der Waals surface area contributed by atoms with Gasteiger partial charge in [0.2, 0.25) is 0 Å². The third kappa shape index (κ3) is 5.92. The number of pyridine rings is 2. The standard InChI is InChI=1S/C39H36N4O2/c1-23-14-18-28(19-15-23)36-26(4)34(30-10-6-8-12-32(30)42-36)38(44)40-22-25(3)41-39(45)35-27(5)37(29-20-16-24(2)17-21-29)43-33-13-9-7-11-31(33)35/h6-21,25H,22H2,1-5H3,(H,40,44)(H,41,45). The predicted molar refractivity (Wildman–Crippen MR) is 183 cm³/mol. The SMILES string of the molecule is Cc1ccc(-c2nc3ccccc3c(C(=O)NCC(C)NC(=O)c3c(C)c(-c4ccc(C)cc4)nc4ccccc34)c2C)cc1. The van der Waals surface area contributed by atoms with Crippen LogP contribution in [0.15, 0.2) is 97.1 Å². The first-order chi connectivity index (χ1) is 21.7. The fourth-order valence-electron chi connectivity index (χ4n) is 5.87. The van der Waals surface area contributed by atoms with Gasteiger partial charge in [-0.3, -0.25) is 9.59 Å². The number of para-hydroxylation sites is 2. The van der Waals surface area contributed by atoms with Gasteiger partial charge in [-0.1, -0.05) is 96.1 Å². The number of carbonyl (C=O) groups is 2. The van der Waals surface area contributed by atoms with Crippen LogP contribution in [0.25, 0.3) is 44.3 Å². The number of aryl methyl sites for hydroxylation is 2. The zero-order chi connectivity index (χ0) is 31.7. The Morgan fingerprint density at radius 3 is 1.49 bits per heavy atom. The Hall–Kier alpha value is -5.36. The molecule has 6 aromatic rings. The van der Waals surface area contributed by atoms with Crippen LogP contribution < -0.4 is 10.6 Å². The number of hydrogen-bond donors (Lipinski definition) is 2. The minimum Gasteiger partial charge on any atom is -0.350 e. The molecule has 0 bridgehead atoms. The summed E-state index contributed by atoms with van der Waals surface area (Å²) in [6, 6.07) is 31.4. The molecular weight excluding hydrogens is 556 g/mol. The van der Waals surface area contributed by atoms with Crippen LogP contribution in [0.2, 0.25) is 0 Å². The minimum atomic E-state index is -0.333. The Morgan fingerprint density at radius 1 is 0.600 bits per heavy atom. The zero-order valence-electron chi connectivity index (χ0n) is 26.2. The summed E-state index contributed by atoms with van der Waals surface area (Å²) in [7, 11) is 0. The first-order valence-electron chi connectivity index (χ1n) is 15.2. The van der Waals surface area contributed by atoms with Crippen molar-refractivity contribution in [3.8, 4) is 22.5 Å². The molecule has 0 aliphatic rings. The van der Waals surface area contributed by atoms with Crippen LogP contribution in [-0.4, -0.2) is 34.4 Å². The lowest BCUT2D eigenvalue weighted by Gasteiger charge is -2.19. The van der Waals surface area contributed by atoms with Gasteiger partial charge in [-0.05, 0) is 57.9 Å². The van der Waals surface area contributed by atoms with Gasteiger partial charge < -0.3 is 10.6 Å². The van der Waals surface area contributed by atoms with Crippen molar-refractivity contribution < 1.29 is 9.59 Å². The number of nitrogens with one attached hydrogen (secondary N) is 2. The minimum absolute atomic E-state index is 0.201. The van der Waals surface area contributed by atoms with Gasteiger partial charge in [0.15, 0.2) is 0 Å². The molecule has 0 radical (unpaired) electrons. The van der Waals surface area contributed by atoms with Gasteiger partial charge in [0.05, 0.1) is 33.5 Å². The summed E-state index contributed by atoms with van der Waals surface area (Å²) in [5.41, 5.74) is 10.1. The van der Waals surface area contributed by atoms with Crippen molar-refractivity contribution in [2.24, 2.45) is 0 Å². The molecule has 2 N–H and O–H groups in total. The molecule has 2 aromatic heterocycles. The summed E-state index contributed by atoms with van der Waals surface area (Å²) in [4.78, 5) is 37.4. The molecule has 1 atom stereocenters. The molecule has 2 heterocycles. The van der Waals surface area contributed by atoms with E-state index in [9.17, 15) is 9.59 Å². The number of amides is 2. The maximum Gasteiger partial charge on any atom is 0.252 e. The Morgan fingerprint density at radius 2 is 1.02 bits per heavy atom. The predicted octanol–water partition coefficient (Wildman–Crippen LogP) is 7.90. The molecule has 1 unspecified atom stereocenters. The lowest BCUT2D eigenvalue weighted by Crippen LogP contribution is -2.42. The Balaban J connectivity index is 1.26. The highest BCUT2D eigenvalue weighted by atomic mass is 16.2. The first kappa shape index (κ1) is 29.7. The number of carbonyl (C=O) groups excluding carboxylic acids is 2. The number of nitrogens with zero attached hydrogens (tertiary/aromatic N) is 2. The lowest BCUT2D eigenvalue weighted by atomic mass is 9.96. The van der Waals surface area contributed by atoms with Crippen molar-refractivity contribution in [2.45, 2.75) is 40.7 Å². The Bertz CT molecular complexity index is 2070. The van der Waals surface area contributed by atoms with E-state index in [1.54, 1.807) is 0 Å². The van der Waals surface area contributed by atoms with Gasteiger partial charge in [0.25, 0.3) is 11.8 Å². The average Bonchev–Trinajstić information content (AvgIpc) is 3.04. The molecule has 6 nitrogen and oxygen atoms in total. The van der Waals surface area contributed by atoms with Crippen LogP contribution in [0.5, 0.6) is 0 Å². The highest BCUT2D eigenvalue weighted by Gasteiger charge is 2.22. The van der Waals surface area contributed by atoms with Crippen LogP contribution in [-0.2, 0) is 0 Å².